The molecular weight excluding hydrogens is 390 g/mol. The van der Waals surface area contributed by atoms with E-state index in [9.17, 15) is 13.2 Å². The third kappa shape index (κ3) is 4.27. The molecule has 0 radical (unpaired) electrons. The van der Waals surface area contributed by atoms with Crippen LogP contribution >= 0.6 is 11.6 Å². The minimum Gasteiger partial charge on any atom is -0.497 e. The maximum Gasteiger partial charge on any atom is 0.340 e. The average molecular weight is 404 g/mol. The zero-order valence-electron chi connectivity index (χ0n) is 14.1. The molecule has 3 aromatic rings. The van der Waals surface area contributed by atoms with Crippen molar-refractivity contribution in [1.29, 1.82) is 0 Å². The molecule has 0 amide bonds. The molecule has 3 rings (SSSR count). The summed E-state index contributed by atoms with van der Waals surface area (Å²) in [5.41, 5.74) is 0.491. The summed E-state index contributed by atoms with van der Waals surface area (Å²) in [6.07, 6.45) is 1.08. The Balaban J connectivity index is 2.03. The summed E-state index contributed by atoms with van der Waals surface area (Å²) in [7, 11) is -2.80. The molecule has 138 valence electrons. The van der Waals surface area contributed by atoms with Crippen molar-refractivity contribution in [1.82, 2.24) is 4.98 Å². The van der Waals surface area contributed by atoms with Gasteiger partial charge in [0.05, 0.1) is 18.9 Å². The molecular formula is C19H14ClNO5S. The Kier molecular flexibility index (Phi) is 5.43. The van der Waals surface area contributed by atoms with Gasteiger partial charge in [-0.3, -0.25) is 4.79 Å². The zero-order valence-corrected chi connectivity index (χ0v) is 15.7. The number of nitrogens with zero attached hydrogens (tertiary/aromatic N) is 1. The second kappa shape index (κ2) is 7.77. The monoisotopic (exact) mass is 403 g/mol. The number of carbonyl (C=O) groups excluding carboxylic acids is 1. The number of halogens is 1. The Morgan fingerprint density at radius 1 is 1.04 bits per heavy atom. The van der Waals surface area contributed by atoms with Gasteiger partial charge in [0.25, 0.3) is 0 Å². The van der Waals surface area contributed by atoms with Crippen molar-refractivity contribution in [2.75, 3.05) is 7.11 Å². The van der Waals surface area contributed by atoms with Crippen molar-refractivity contribution < 1.29 is 22.1 Å². The maximum atomic E-state index is 12.8. The molecule has 2 aromatic carbocycles. The molecule has 0 aliphatic rings. The molecule has 0 saturated carbocycles. The van der Waals surface area contributed by atoms with Crippen LogP contribution in [0.3, 0.4) is 0 Å². The predicted octanol–water partition coefficient (Wildman–Crippen LogP) is 3.74. The molecule has 0 atom stereocenters. The summed E-state index contributed by atoms with van der Waals surface area (Å²) in [5, 5.41) is 0.148. The molecule has 0 N–H and O–H groups in total. The summed E-state index contributed by atoms with van der Waals surface area (Å²) in [6.45, 7) is 0. The largest absolute Gasteiger partial charge is 0.497 e. The van der Waals surface area contributed by atoms with Gasteiger partial charge >= 0.3 is 10.1 Å². The first-order valence-electron chi connectivity index (χ1n) is 7.74. The Morgan fingerprint density at radius 3 is 2.41 bits per heavy atom. The van der Waals surface area contributed by atoms with Gasteiger partial charge in [0.2, 0.25) is 0 Å². The third-order valence-corrected chi connectivity index (χ3v) is 5.10. The highest BCUT2D eigenvalue weighted by atomic mass is 35.5. The van der Waals surface area contributed by atoms with Crippen molar-refractivity contribution >= 4 is 27.5 Å². The van der Waals surface area contributed by atoms with E-state index in [-0.39, 0.29) is 27.1 Å². The van der Waals surface area contributed by atoms with Crippen molar-refractivity contribution in [3.63, 3.8) is 0 Å². The lowest BCUT2D eigenvalue weighted by Gasteiger charge is -2.12. The quantitative estimate of drug-likeness (QED) is 0.354. The van der Waals surface area contributed by atoms with Crippen molar-refractivity contribution in [3.8, 4) is 11.5 Å². The van der Waals surface area contributed by atoms with Gasteiger partial charge < -0.3 is 8.92 Å². The van der Waals surface area contributed by atoms with Gasteiger partial charge in [0, 0.05) is 11.6 Å². The third-order valence-electron chi connectivity index (χ3n) is 3.66. The molecule has 0 fully saturated rings. The number of benzene rings is 2. The topological polar surface area (TPSA) is 82.6 Å². The first kappa shape index (κ1) is 18.9. The minimum absolute atomic E-state index is 0.0903. The van der Waals surface area contributed by atoms with Crippen LogP contribution in [-0.4, -0.2) is 26.3 Å². The number of carbonyl (C=O) groups is 1. The standard InChI is InChI=1S/C19H14ClNO5S/c1-25-14-7-9-16(19(22)13-5-3-2-4-6-13)17(11-14)26-27(23,24)15-8-10-18(20)21-12-15/h2-12H,1H3. The first-order valence-corrected chi connectivity index (χ1v) is 9.53. The molecule has 1 heterocycles. The lowest BCUT2D eigenvalue weighted by atomic mass is 10.0. The number of pyridine rings is 1. The van der Waals surface area contributed by atoms with Crippen LogP contribution in [0.1, 0.15) is 15.9 Å². The van der Waals surface area contributed by atoms with Crippen LogP contribution in [0, 0.1) is 0 Å². The van der Waals surface area contributed by atoms with Gasteiger partial charge in [0.15, 0.2) is 11.5 Å². The van der Waals surface area contributed by atoms with Gasteiger partial charge in [-0.2, -0.15) is 8.42 Å². The normalized spacial score (nSPS) is 11.0. The lowest BCUT2D eigenvalue weighted by Crippen LogP contribution is -2.13. The van der Waals surface area contributed by atoms with E-state index >= 15 is 0 Å². The van der Waals surface area contributed by atoms with Crippen LogP contribution in [0.25, 0.3) is 0 Å². The van der Waals surface area contributed by atoms with E-state index in [1.165, 1.54) is 31.4 Å². The highest BCUT2D eigenvalue weighted by Gasteiger charge is 2.23. The van der Waals surface area contributed by atoms with Crippen LogP contribution in [0.5, 0.6) is 11.5 Å². The number of hydrogen-bond donors (Lipinski definition) is 0. The number of ether oxygens (including phenoxy) is 1. The molecule has 0 saturated heterocycles. The highest BCUT2D eigenvalue weighted by Crippen LogP contribution is 2.29. The number of ketones is 1. The SMILES string of the molecule is COc1ccc(C(=O)c2ccccc2)c(OS(=O)(=O)c2ccc(Cl)nc2)c1. The molecule has 0 unspecified atom stereocenters. The highest BCUT2D eigenvalue weighted by molar-refractivity contribution is 7.87. The molecule has 0 spiro atoms. The van der Waals surface area contributed by atoms with Crippen LogP contribution < -0.4 is 8.92 Å². The molecule has 6 nitrogen and oxygen atoms in total. The summed E-state index contributed by atoms with van der Waals surface area (Å²) in [6, 6.07) is 15.4. The van der Waals surface area contributed by atoms with E-state index in [1.54, 1.807) is 36.4 Å². The summed E-state index contributed by atoms with van der Waals surface area (Å²) >= 11 is 5.69. The fourth-order valence-corrected chi connectivity index (χ4v) is 3.31. The molecule has 0 aliphatic carbocycles. The Bertz CT molecular complexity index is 1070. The zero-order chi connectivity index (χ0) is 19.4. The number of hydrogen-bond acceptors (Lipinski definition) is 6. The molecule has 0 aliphatic heterocycles. The van der Waals surface area contributed by atoms with Gasteiger partial charge in [0.1, 0.15) is 15.8 Å². The van der Waals surface area contributed by atoms with Gasteiger partial charge in [-0.05, 0) is 24.3 Å². The van der Waals surface area contributed by atoms with Crippen LogP contribution in [0.2, 0.25) is 5.15 Å². The van der Waals surface area contributed by atoms with Crippen molar-refractivity contribution in [3.05, 3.63) is 83.1 Å². The number of aromatic nitrogens is 1. The number of rotatable bonds is 6. The van der Waals surface area contributed by atoms with Crippen molar-refractivity contribution in [2.24, 2.45) is 0 Å². The average Bonchev–Trinajstić information content (AvgIpc) is 2.68. The van der Waals surface area contributed by atoms with Crippen LogP contribution in [0.4, 0.5) is 0 Å². The Labute approximate surface area is 161 Å². The lowest BCUT2D eigenvalue weighted by molar-refractivity contribution is 0.103. The minimum atomic E-state index is -4.22. The van der Waals surface area contributed by atoms with E-state index in [0.717, 1.165) is 6.20 Å². The summed E-state index contributed by atoms with van der Waals surface area (Å²) < 4.78 is 35.5. The van der Waals surface area contributed by atoms with Crippen LogP contribution in [0.15, 0.2) is 71.8 Å². The number of methoxy groups -OCH3 is 1. The molecule has 8 heteroatoms. The fraction of sp³-hybridized carbons (Fsp3) is 0.0526. The molecule has 27 heavy (non-hydrogen) atoms. The van der Waals surface area contributed by atoms with Crippen LogP contribution in [-0.2, 0) is 10.1 Å². The smallest absolute Gasteiger partial charge is 0.340 e. The Morgan fingerprint density at radius 2 is 1.78 bits per heavy atom. The molecule has 1 aromatic heterocycles. The van der Waals surface area contributed by atoms with Crippen molar-refractivity contribution in [2.45, 2.75) is 4.90 Å². The van der Waals surface area contributed by atoms with E-state index in [1.807, 2.05) is 0 Å². The summed E-state index contributed by atoms with van der Waals surface area (Å²) in [4.78, 5) is 16.3. The second-order valence-corrected chi connectivity index (χ2v) is 7.34. The van der Waals surface area contributed by atoms with E-state index < -0.39 is 10.1 Å². The second-order valence-electron chi connectivity index (χ2n) is 5.41. The van der Waals surface area contributed by atoms with E-state index in [2.05, 4.69) is 4.98 Å². The summed E-state index contributed by atoms with van der Waals surface area (Å²) in [5.74, 6) is -0.171. The van der Waals surface area contributed by atoms with Gasteiger partial charge in [-0.25, -0.2) is 4.98 Å². The predicted molar refractivity (Wildman–Crippen MR) is 99.9 cm³/mol. The first-order chi connectivity index (χ1) is 12.9. The van der Waals surface area contributed by atoms with E-state index in [4.69, 9.17) is 20.5 Å². The van der Waals surface area contributed by atoms with Gasteiger partial charge in [-0.15, -0.1) is 0 Å². The Hall–Kier alpha value is -2.90. The fourth-order valence-electron chi connectivity index (χ4n) is 2.31. The van der Waals surface area contributed by atoms with E-state index in [0.29, 0.717) is 11.3 Å². The molecule has 0 bridgehead atoms. The van der Waals surface area contributed by atoms with Gasteiger partial charge in [-0.1, -0.05) is 41.9 Å². The maximum absolute atomic E-state index is 12.8.